The number of hydrogen-bond acceptors (Lipinski definition) is 5. The largest absolute Gasteiger partial charge is 0.496 e. The molecule has 1 aromatic heterocycles. The summed E-state index contributed by atoms with van der Waals surface area (Å²) in [4.78, 5) is 12.3. The van der Waals surface area contributed by atoms with Crippen LogP contribution >= 0.6 is 0 Å². The number of aryl methyl sites for hydroxylation is 2. The average molecular weight is 381 g/mol. The molecule has 0 bridgehead atoms. The highest BCUT2D eigenvalue weighted by molar-refractivity contribution is 6.43. The van der Waals surface area contributed by atoms with Gasteiger partial charge >= 0.3 is 7.12 Å². The molecule has 1 heterocycles. The van der Waals surface area contributed by atoms with Crippen molar-refractivity contribution < 1.29 is 24.0 Å². The minimum absolute atomic E-state index is 0.234. The molecule has 3 aromatic rings. The standard InChI is InChI=1S/C21H24BNO5/c1-27-18-8-4-2-6-15(18)11-13-21(24)23-20(22(25)26)12-10-16-14-28-19-9-5-3-7-17(16)19/h2-9,14,20,25-26H,10-13H2,1H3,(H,23,24)/t20-/m0/s1. The van der Waals surface area contributed by atoms with Crippen LogP contribution in [0, 0.1) is 0 Å². The molecule has 0 aliphatic carbocycles. The lowest BCUT2D eigenvalue weighted by atomic mass is 9.76. The van der Waals surface area contributed by atoms with Crippen molar-refractivity contribution in [3.63, 3.8) is 0 Å². The first-order valence-electron chi connectivity index (χ1n) is 9.31. The van der Waals surface area contributed by atoms with Gasteiger partial charge in [-0.1, -0.05) is 36.4 Å². The summed E-state index contributed by atoms with van der Waals surface area (Å²) in [7, 11) is -0.0373. The third-order valence-electron chi connectivity index (χ3n) is 4.81. The molecule has 0 radical (unpaired) electrons. The molecule has 1 atom stereocenters. The van der Waals surface area contributed by atoms with Crippen LogP contribution in [0.2, 0.25) is 0 Å². The van der Waals surface area contributed by atoms with E-state index in [1.807, 2.05) is 48.5 Å². The molecule has 3 N–H and O–H groups in total. The molecular formula is C21H24BNO5. The number of carbonyl (C=O) groups excluding carboxylic acids is 1. The van der Waals surface area contributed by atoms with E-state index in [-0.39, 0.29) is 12.3 Å². The van der Waals surface area contributed by atoms with Gasteiger partial charge in [0.05, 0.1) is 19.3 Å². The first-order chi connectivity index (χ1) is 13.6. The Morgan fingerprint density at radius 3 is 2.64 bits per heavy atom. The van der Waals surface area contributed by atoms with Crippen LogP contribution in [0.1, 0.15) is 24.0 Å². The lowest BCUT2D eigenvalue weighted by molar-refractivity contribution is -0.121. The topological polar surface area (TPSA) is 91.9 Å². The van der Waals surface area contributed by atoms with E-state index in [1.54, 1.807) is 13.4 Å². The summed E-state index contributed by atoms with van der Waals surface area (Å²) in [6, 6.07) is 15.2. The highest BCUT2D eigenvalue weighted by Crippen LogP contribution is 2.22. The lowest BCUT2D eigenvalue weighted by Gasteiger charge is -2.18. The first kappa shape index (κ1) is 20.0. The van der Waals surface area contributed by atoms with E-state index in [0.717, 1.165) is 27.8 Å². The summed E-state index contributed by atoms with van der Waals surface area (Å²) in [6.07, 6.45) is 3.37. The zero-order valence-corrected chi connectivity index (χ0v) is 15.8. The highest BCUT2D eigenvalue weighted by atomic mass is 16.5. The van der Waals surface area contributed by atoms with Crippen LogP contribution in [0.4, 0.5) is 0 Å². The molecule has 0 aliphatic heterocycles. The van der Waals surface area contributed by atoms with E-state index in [1.165, 1.54) is 0 Å². The fraction of sp³-hybridized carbons (Fsp3) is 0.286. The number of amides is 1. The highest BCUT2D eigenvalue weighted by Gasteiger charge is 2.25. The molecule has 0 aliphatic rings. The molecule has 0 saturated carbocycles. The number of fused-ring (bicyclic) bond motifs is 1. The summed E-state index contributed by atoms with van der Waals surface area (Å²) < 4.78 is 10.8. The number of furan rings is 1. The Bertz CT molecular complexity index is 924. The zero-order valence-electron chi connectivity index (χ0n) is 15.8. The Labute approximate surface area is 164 Å². The monoisotopic (exact) mass is 381 g/mol. The molecule has 3 rings (SSSR count). The number of rotatable bonds is 9. The SMILES string of the molecule is COc1ccccc1CCC(=O)N[C@@H](CCc1coc2ccccc12)B(O)O. The summed E-state index contributed by atoms with van der Waals surface area (Å²) in [6.45, 7) is 0. The van der Waals surface area contributed by atoms with Gasteiger partial charge in [-0.3, -0.25) is 4.79 Å². The fourth-order valence-corrected chi connectivity index (χ4v) is 3.27. The average Bonchev–Trinajstić information content (AvgIpc) is 3.12. The summed E-state index contributed by atoms with van der Waals surface area (Å²) >= 11 is 0. The Hall–Kier alpha value is -2.77. The normalized spacial score (nSPS) is 12.0. The van der Waals surface area contributed by atoms with Crippen molar-refractivity contribution >= 4 is 24.0 Å². The van der Waals surface area contributed by atoms with Gasteiger partial charge in [0.15, 0.2) is 0 Å². The van der Waals surface area contributed by atoms with Crippen molar-refractivity contribution in [3.05, 3.63) is 65.9 Å². The van der Waals surface area contributed by atoms with Crippen LogP contribution in [-0.2, 0) is 17.6 Å². The van der Waals surface area contributed by atoms with Crippen LogP contribution in [0.5, 0.6) is 5.75 Å². The number of benzene rings is 2. The predicted molar refractivity (Wildman–Crippen MR) is 108 cm³/mol. The second kappa shape index (κ2) is 9.44. The minimum atomic E-state index is -1.63. The van der Waals surface area contributed by atoms with E-state index in [0.29, 0.717) is 19.3 Å². The van der Waals surface area contributed by atoms with Crippen molar-refractivity contribution in [1.29, 1.82) is 0 Å². The second-order valence-electron chi connectivity index (χ2n) is 6.70. The maximum atomic E-state index is 12.3. The quantitative estimate of drug-likeness (QED) is 0.496. The molecule has 0 fully saturated rings. The van der Waals surface area contributed by atoms with Gasteiger partial charge in [0, 0.05) is 11.8 Å². The number of methoxy groups -OCH3 is 1. The Balaban J connectivity index is 1.56. The van der Waals surface area contributed by atoms with Crippen molar-refractivity contribution in [3.8, 4) is 5.75 Å². The summed E-state index contributed by atoms with van der Waals surface area (Å²) in [5.41, 5.74) is 2.70. The van der Waals surface area contributed by atoms with E-state index in [9.17, 15) is 14.8 Å². The molecule has 6 nitrogen and oxygen atoms in total. The number of nitrogens with one attached hydrogen (secondary N) is 1. The van der Waals surface area contributed by atoms with Crippen molar-refractivity contribution in [2.75, 3.05) is 7.11 Å². The number of para-hydroxylation sites is 2. The number of ether oxygens (including phenoxy) is 1. The molecular weight excluding hydrogens is 357 g/mol. The van der Waals surface area contributed by atoms with Gasteiger partial charge in [0.2, 0.25) is 5.91 Å². The van der Waals surface area contributed by atoms with Crippen molar-refractivity contribution in [2.24, 2.45) is 0 Å². The van der Waals surface area contributed by atoms with Gasteiger partial charge in [0.25, 0.3) is 0 Å². The van der Waals surface area contributed by atoms with Crippen LogP contribution in [0.25, 0.3) is 11.0 Å². The first-order valence-corrected chi connectivity index (χ1v) is 9.31. The second-order valence-corrected chi connectivity index (χ2v) is 6.70. The Kier molecular flexibility index (Phi) is 6.73. The van der Waals surface area contributed by atoms with E-state index >= 15 is 0 Å². The molecule has 0 spiro atoms. The predicted octanol–water partition coefficient (Wildman–Crippen LogP) is 2.50. The van der Waals surface area contributed by atoms with Gasteiger partial charge in [0.1, 0.15) is 11.3 Å². The van der Waals surface area contributed by atoms with Gasteiger partial charge in [-0.25, -0.2) is 0 Å². The third-order valence-corrected chi connectivity index (χ3v) is 4.81. The Morgan fingerprint density at radius 2 is 1.86 bits per heavy atom. The van der Waals surface area contributed by atoms with E-state index < -0.39 is 13.1 Å². The van der Waals surface area contributed by atoms with Gasteiger partial charge in [-0.05, 0) is 42.5 Å². The summed E-state index contributed by atoms with van der Waals surface area (Å²) in [5, 5.41) is 23.1. The Morgan fingerprint density at radius 1 is 1.11 bits per heavy atom. The smallest absolute Gasteiger partial charge is 0.475 e. The van der Waals surface area contributed by atoms with E-state index in [4.69, 9.17) is 9.15 Å². The van der Waals surface area contributed by atoms with E-state index in [2.05, 4.69) is 5.32 Å². The van der Waals surface area contributed by atoms with Crippen LogP contribution < -0.4 is 10.1 Å². The van der Waals surface area contributed by atoms with Gasteiger partial charge < -0.3 is 24.5 Å². The van der Waals surface area contributed by atoms with Gasteiger partial charge in [-0.15, -0.1) is 0 Å². The number of carbonyl (C=O) groups is 1. The molecule has 146 valence electrons. The third kappa shape index (κ3) is 4.94. The van der Waals surface area contributed by atoms with Crippen molar-refractivity contribution in [2.45, 2.75) is 31.6 Å². The zero-order chi connectivity index (χ0) is 19.9. The minimum Gasteiger partial charge on any atom is -0.496 e. The maximum absolute atomic E-state index is 12.3. The lowest BCUT2D eigenvalue weighted by Crippen LogP contribution is -2.46. The maximum Gasteiger partial charge on any atom is 0.475 e. The molecule has 28 heavy (non-hydrogen) atoms. The molecule has 1 amide bonds. The molecule has 0 unspecified atom stereocenters. The summed E-state index contributed by atoms with van der Waals surface area (Å²) in [5.74, 6) is -0.249. The van der Waals surface area contributed by atoms with Crippen LogP contribution in [-0.4, -0.2) is 36.1 Å². The van der Waals surface area contributed by atoms with Crippen molar-refractivity contribution in [1.82, 2.24) is 5.32 Å². The fourth-order valence-electron chi connectivity index (χ4n) is 3.27. The van der Waals surface area contributed by atoms with Crippen LogP contribution in [0.15, 0.2) is 59.2 Å². The molecule has 0 saturated heterocycles. The number of hydrogen-bond donors (Lipinski definition) is 3. The van der Waals surface area contributed by atoms with Gasteiger partial charge in [-0.2, -0.15) is 0 Å². The van der Waals surface area contributed by atoms with Crippen LogP contribution in [0.3, 0.4) is 0 Å². The molecule has 7 heteroatoms. The molecule has 2 aromatic carbocycles.